The van der Waals surface area contributed by atoms with Crippen LogP contribution in [0.4, 0.5) is 0 Å². The summed E-state index contributed by atoms with van der Waals surface area (Å²) in [7, 11) is 0. The number of aliphatic hydroxyl groups is 1. The molecule has 2 saturated carbocycles. The molecule has 3 N–H and O–H groups in total. The van der Waals surface area contributed by atoms with Crippen molar-refractivity contribution in [3.05, 3.63) is 159 Å². The Morgan fingerprint density at radius 1 is 0.814 bits per heavy atom. The van der Waals surface area contributed by atoms with E-state index < -0.39 is 5.60 Å². The van der Waals surface area contributed by atoms with E-state index in [0.29, 0.717) is 88.8 Å². The minimum Gasteiger partial charge on any atom is -0.489 e. The van der Waals surface area contributed by atoms with Crippen molar-refractivity contribution in [1.29, 1.82) is 0 Å². The predicted molar refractivity (Wildman–Crippen MR) is 282 cm³/mol. The molecule has 0 saturated heterocycles. The van der Waals surface area contributed by atoms with Crippen molar-refractivity contribution in [3.63, 3.8) is 0 Å². The van der Waals surface area contributed by atoms with Gasteiger partial charge in [0.25, 0.3) is 5.91 Å². The molecule has 0 spiro atoms. The third-order valence-corrected chi connectivity index (χ3v) is 13.0. The van der Waals surface area contributed by atoms with Gasteiger partial charge >= 0.3 is 0 Å². The normalized spacial score (nSPS) is 17.4. The molecule has 2 amide bonds. The first-order valence-corrected chi connectivity index (χ1v) is 25.8. The van der Waals surface area contributed by atoms with E-state index in [1.165, 1.54) is 0 Å². The second kappa shape index (κ2) is 28.0. The Kier molecular flexibility index (Phi) is 21.7. The van der Waals surface area contributed by atoms with Crippen LogP contribution < -0.4 is 15.4 Å². The van der Waals surface area contributed by atoms with Crippen LogP contribution in [0.5, 0.6) is 5.75 Å². The van der Waals surface area contributed by atoms with Crippen LogP contribution in [0.3, 0.4) is 0 Å². The number of hydrogen-bond acceptors (Lipinski definition) is 8. The van der Waals surface area contributed by atoms with Gasteiger partial charge in [-0.1, -0.05) is 132 Å². The number of allylic oxidation sites excluding steroid dienone is 12. The lowest BCUT2D eigenvalue weighted by molar-refractivity contribution is -0.121. The van der Waals surface area contributed by atoms with Crippen LogP contribution in [0.15, 0.2) is 120 Å². The molecule has 2 aliphatic carbocycles. The lowest BCUT2D eigenvalue weighted by atomic mass is 9.66. The number of carbonyl (C=O) groups is 2. The predicted octanol–water partition coefficient (Wildman–Crippen LogP) is 13.6. The first kappa shape index (κ1) is 54.2. The molecule has 2 fully saturated rings. The lowest BCUT2D eigenvalue weighted by Gasteiger charge is -2.44. The number of amides is 2. The van der Waals surface area contributed by atoms with E-state index in [-0.39, 0.29) is 42.8 Å². The smallest absolute Gasteiger partial charge is 0.271 e. The van der Waals surface area contributed by atoms with E-state index in [9.17, 15) is 14.7 Å². The summed E-state index contributed by atoms with van der Waals surface area (Å²) in [5.41, 5.74) is 2.58. The van der Waals surface area contributed by atoms with E-state index in [4.69, 9.17) is 48.8 Å². The lowest BCUT2D eigenvalue weighted by Crippen LogP contribution is -2.41. The zero-order valence-corrected chi connectivity index (χ0v) is 43.0. The van der Waals surface area contributed by atoms with Crippen LogP contribution in [-0.2, 0) is 21.7 Å². The van der Waals surface area contributed by atoms with Crippen molar-refractivity contribution in [3.8, 4) is 17.0 Å². The molecular formula is C56H68Cl3N5O6. The van der Waals surface area contributed by atoms with E-state index in [2.05, 4.69) is 94.6 Å². The summed E-state index contributed by atoms with van der Waals surface area (Å²) in [6.45, 7) is 7.64. The summed E-state index contributed by atoms with van der Waals surface area (Å²) in [6, 6.07) is 12.4. The molecule has 0 aliphatic heterocycles. The highest BCUT2D eigenvalue weighted by atomic mass is 35.5. The molecule has 0 radical (unpaired) electrons. The number of rotatable bonds is 29. The fraction of sp³-hybridized carbons (Fsp3) is 0.429. The third kappa shape index (κ3) is 16.2. The Bertz CT molecular complexity index is 2490. The minimum atomic E-state index is -1.16. The Morgan fingerprint density at radius 2 is 1.41 bits per heavy atom. The number of aromatic nitrogens is 3. The minimum absolute atomic E-state index is 0.00487. The number of nitrogens with one attached hydrogen (secondary N) is 2. The number of hydrogen-bond donors (Lipinski definition) is 3. The highest BCUT2D eigenvalue weighted by Gasteiger charge is 2.47. The van der Waals surface area contributed by atoms with Crippen LogP contribution in [-0.4, -0.2) is 58.2 Å². The fourth-order valence-electron chi connectivity index (χ4n) is 8.22. The standard InChI is InChI=1S/C56H68Cl3N5O6/c1-4-5-6-7-8-9-10-11-12-13-14-15-16-17-18-19-20-21-22-26-51(65)60-31-33-68-34-32-61-55(66)49-36-50(64(62-49)40(2)3)42-37-56(67,38-42)45-30-29-43(35-48(45)59)69-39-44-53(63-70-54(44)41-27-28-41)52-46(57)24-23-25-47(52)58/h5-6,8-9,11-12,14-15,17-18,20-21,23-25,29-30,35-36,40-42,67H,4,7,10,13,16,19,22,26-28,31-34,37-39H2,1-3H3,(H,60,65)(H,61,66). The Labute approximate surface area is 428 Å². The van der Waals surface area contributed by atoms with Gasteiger partial charge in [-0.15, -0.1) is 0 Å². The zero-order valence-electron chi connectivity index (χ0n) is 40.7. The molecule has 70 heavy (non-hydrogen) atoms. The monoisotopic (exact) mass is 1010 g/mol. The summed E-state index contributed by atoms with van der Waals surface area (Å²) in [4.78, 5) is 25.4. The van der Waals surface area contributed by atoms with Crippen LogP contribution >= 0.6 is 34.8 Å². The van der Waals surface area contributed by atoms with Crippen LogP contribution in [0, 0.1) is 0 Å². The maximum Gasteiger partial charge on any atom is 0.271 e. The summed E-state index contributed by atoms with van der Waals surface area (Å²) < 4.78 is 19.5. The number of carbonyl (C=O) groups excluding carboxylic acids is 2. The van der Waals surface area contributed by atoms with Gasteiger partial charge in [-0.2, -0.15) is 5.10 Å². The number of nitrogens with zero attached hydrogens (tertiary/aromatic N) is 3. The number of halogens is 3. The second-order valence-corrected chi connectivity index (χ2v) is 19.2. The summed E-state index contributed by atoms with van der Waals surface area (Å²) in [6.07, 6.45) is 35.7. The average molecular weight is 1010 g/mol. The molecule has 2 aliphatic rings. The van der Waals surface area contributed by atoms with Crippen molar-refractivity contribution in [1.82, 2.24) is 25.6 Å². The molecule has 2 aromatic heterocycles. The van der Waals surface area contributed by atoms with Gasteiger partial charge in [0.15, 0.2) is 0 Å². The van der Waals surface area contributed by atoms with Crippen LogP contribution in [0.1, 0.15) is 149 Å². The van der Waals surface area contributed by atoms with Crippen molar-refractivity contribution in [2.75, 3.05) is 26.3 Å². The molecular weight excluding hydrogens is 945 g/mol. The van der Waals surface area contributed by atoms with Crippen molar-refractivity contribution in [2.24, 2.45) is 0 Å². The molecule has 0 atom stereocenters. The molecule has 4 aromatic rings. The fourth-order valence-corrected chi connectivity index (χ4v) is 9.15. The number of ether oxygens (including phenoxy) is 2. The summed E-state index contributed by atoms with van der Waals surface area (Å²) in [5, 5.41) is 27.9. The van der Waals surface area contributed by atoms with Gasteiger partial charge in [0.2, 0.25) is 5.91 Å². The van der Waals surface area contributed by atoms with Crippen LogP contribution in [0.2, 0.25) is 15.1 Å². The molecule has 11 nitrogen and oxygen atoms in total. The van der Waals surface area contributed by atoms with Gasteiger partial charge in [0, 0.05) is 54.2 Å². The van der Waals surface area contributed by atoms with Crippen molar-refractivity contribution in [2.45, 2.75) is 128 Å². The Hall–Kier alpha value is -5.17. The SMILES string of the molecule is CCC=CCC=CCC=CCC=CCC=CCC=CCCC(=O)NCCOCCNC(=O)c1cc(C2CC(O)(c3ccc(OCc4c(-c5c(Cl)cccc5Cl)noc4C4CC4)cc3Cl)C2)n(C(C)C)n1. The van der Waals surface area contributed by atoms with Gasteiger partial charge in [0.1, 0.15) is 29.5 Å². The first-order valence-electron chi connectivity index (χ1n) is 24.7. The molecule has 0 bridgehead atoms. The van der Waals surface area contributed by atoms with E-state index in [1.807, 2.05) is 24.6 Å². The third-order valence-electron chi connectivity index (χ3n) is 12.1. The molecule has 2 aromatic carbocycles. The van der Waals surface area contributed by atoms with Gasteiger partial charge in [-0.05, 0) is 115 Å². The Morgan fingerprint density at radius 3 is 2.00 bits per heavy atom. The van der Waals surface area contributed by atoms with E-state index in [0.717, 1.165) is 68.4 Å². The first-order chi connectivity index (χ1) is 34.0. The van der Waals surface area contributed by atoms with Crippen LogP contribution in [0.25, 0.3) is 11.3 Å². The molecule has 6 rings (SSSR count). The van der Waals surface area contributed by atoms with E-state index >= 15 is 0 Å². The highest BCUT2D eigenvalue weighted by Crippen LogP contribution is 2.53. The highest BCUT2D eigenvalue weighted by molar-refractivity contribution is 6.39. The maximum atomic E-state index is 13.2. The Balaban J connectivity index is 0.850. The van der Waals surface area contributed by atoms with Gasteiger partial charge in [-0.3, -0.25) is 14.3 Å². The topological polar surface area (TPSA) is 141 Å². The number of benzene rings is 2. The van der Waals surface area contributed by atoms with E-state index in [1.54, 1.807) is 42.5 Å². The van der Waals surface area contributed by atoms with Crippen molar-refractivity contribution < 1.29 is 28.7 Å². The zero-order chi connectivity index (χ0) is 49.7. The van der Waals surface area contributed by atoms with Crippen molar-refractivity contribution >= 4 is 46.6 Å². The van der Waals surface area contributed by atoms with Gasteiger partial charge < -0.3 is 29.7 Å². The molecule has 2 heterocycles. The summed E-state index contributed by atoms with van der Waals surface area (Å²) in [5.74, 6) is 1.21. The van der Waals surface area contributed by atoms with Gasteiger partial charge in [0.05, 0.1) is 39.4 Å². The quantitative estimate of drug-likeness (QED) is 0.0361. The largest absolute Gasteiger partial charge is 0.489 e. The maximum absolute atomic E-state index is 13.2. The summed E-state index contributed by atoms with van der Waals surface area (Å²) >= 11 is 19.9. The average Bonchev–Trinajstić information content (AvgIpc) is 3.93. The second-order valence-electron chi connectivity index (χ2n) is 18.0. The van der Waals surface area contributed by atoms with Gasteiger partial charge in [-0.25, -0.2) is 0 Å². The molecule has 14 heteroatoms. The molecule has 374 valence electrons. The molecule has 0 unspecified atom stereocenters.